The maximum absolute atomic E-state index is 14.0. The van der Waals surface area contributed by atoms with Gasteiger partial charge in [-0.3, -0.25) is 9.59 Å². The van der Waals surface area contributed by atoms with Crippen LogP contribution in [-0.4, -0.2) is 26.5 Å². The number of allylic oxidation sites excluding steroid dienone is 3. The van der Waals surface area contributed by atoms with Gasteiger partial charge in [0.1, 0.15) is 12.9 Å². The first-order valence-corrected chi connectivity index (χ1v) is 19.6. The Morgan fingerprint density at radius 2 is 1.45 bits per heavy atom. The Hall–Kier alpha value is -2.98. The summed E-state index contributed by atoms with van der Waals surface area (Å²) in [7, 11) is 3.25. The summed E-state index contributed by atoms with van der Waals surface area (Å²) in [6.45, 7) is 20.8. The van der Waals surface area contributed by atoms with Crippen molar-refractivity contribution in [3.05, 3.63) is 89.5 Å². The van der Waals surface area contributed by atoms with Crippen molar-refractivity contribution in [1.29, 1.82) is 0 Å². The molecule has 0 N–H and O–H groups in total. The predicted molar refractivity (Wildman–Crippen MR) is 210 cm³/mol. The molecule has 4 fully saturated rings. The molecule has 0 amide bonds. The zero-order chi connectivity index (χ0) is 37.2. The van der Waals surface area contributed by atoms with Gasteiger partial charge in [-0.2, -0.15) is 0 Å². The van der Waals surface area contributed by atoms with Crippen molar-refractivity contribution in [1.82, 2.24) is 0 Å². The maximum Gasteiger partial charge on any atom is 0.312 e. The van der Waals surface area contributed by atoms with Gasteiger partial charge in [-0.15, -0.1) is 6.58 Å². The van der Waals surface area contributed by atoms with Crippen molar-refractivity contribution in [2.75, 3.05) is 14.2 Å². The van der Waals surface area contributed by atoms with E-state index in [1.807, 2.05) is 44.2 Å². The summed E-state index contributed by atoms with van der Waals surface area (Å²) >= 11 is 0. The number of carbonyl (C=O) groups excluding carboxylic acids is 2. The van der Waals surface area contributed by atoms with E-state index in [-0.39, 0.29) is 33.0 Å². The first kappa shape index (κ1) is 39.2. The highest BCUT2D eigenvalue weighted by Gasteiger charge is 2.70. The van der Waals surface area contributed by atoms with Crippen LogP contribution < -0.4 is 0 Å². The third-order valence-corrected chi connectivity index (χ3v) is 14.9. The van der Waals surface area contributed by atoms with Gasteiger partial charge in [-0.05, 0) is 134 Å². The van der Waals surface area contributed by atoms with Crippen molar-refractivity contribution >= 4 is 17.8 Å². The van der Waals surface area contributed by atoms with Crippen molar-refractivity contribution in [3.8, 4) is 0 Å². The first-order valence-electron chi connectivity index (χ1n) is 19.6. The van der Waals surface area contributed by atoms with Gasteiger partial charge in [0.15, 0.2) is 0 Å². The zero-order valence-corrected chi connectivity index (χ0v) is 33.3. The number of rotatable bonds is 5. The largest absolute Gasteiger partial charge is 0.460 e. The van der Waals surface area contributed by atoms with E-state index in [2.05, 4.69) is 76.3 Å². The van der Waals surface area contributed by atoms with Crippen LogP contribution in [0.5, 0.6) is 0 Å². The number of esters is 1. The molecule has 2 aromatic carbocycles. The number of ether oxygens (including phenoxy) is 2. The zero-order valence-electron chi connectivity index (χ0n) is 33.3. The molecule has 8 atom stereocenters. The third-order valence-electron chi connectivity index (χ3n) is 14.9. The van der Waals surface area contributed by atoms with Gasteiger partial charge in [0, 0.05) is 19.8 Å². The van der Waals surface area contributed by atoms with Gasteiger partial charge in [0.25, 0.3) is 0 Å². The van der Waals surface area contributed by atoms with Crippen LogP contribution in [0.2, 0.25) is 0 Å². The van der Waals surface area contributed by atoms with Crippen molar-refractivity contribution in [3.63, 3.8) is 0 Å². The Morgan fingerprint density at radius 1 is 0.804 bits per heavy atom. The van der Waals surface area contributed by atoms with Gasteiger partial charge < -0.3 is 9.47 Å². The number of carbonyl (C=O) groups is 2. The van der Waals surface area contributed by atoms with Gasteiger partial charge in [-0.1, -0.05) is 107 Å². The van der Waals surface area contributed by atoms with E-state index in [4.69, 9.17) is 4.74 Å². The van der Waals surface area contributed by atoms with E-state index >= 15 is 0 Å². The molecule has 5 aliphatic rings. The number of benzene rings is 2. The monoisotopic (exact) mass is 694 g/mol. The summed E-state index contributed by atoms with van der Waals surface area (Å²) in [5, 5.41) is 0. The maximum atomic E-state index is 14.0. The number of aldehydes is 1. The van der Waals surface area contributed by atoms with E-state index in [9.17, 15) is 9.59 Å². The highest BCUT2D eigenvalue weighted by atomic mass is 16.5. The molecule has 0 radical (unpaired) electrons. The Morgan fingerprint density at radius 3 is 2.08 bits per heavy atom. The van der Waals surface area contributed by atoms with E-state index < -0.39 is 0 Å². The number of fused-ring (bicyclic) bond motifs is 7. The lowest BCUT2D eigenvalue weighted by Gasteiger charge is -2.72. The summed E-state index contributed by atoms with van der Waals surface area (Å²) in [4.78, 5) is 25.3. The highest BCUT2D eigenvalue weighted by molar-refractivity contribution is 5.79. The van der Waals surface area contributed by atoms with E-state index in [1.54, 1.807) is 14.2 Å². The highest BCUT2D eigenvalue weighted by Crippen LogP contribution is 2.77. The molecule has 0 aliphatic heterocycles. The smallest absolute Gasteiger partial charge is 0.312 e. The Balaban J connectivity index is 0.000000664. The molecule has 5 aliphatic carbocycles. The first-order chi connectivity index (χ1) is 24.1. The van der Waals surface area contributed by atoms with Gasteiger partial charge in [0.05, 0.1) is 5.41 Å². The van der Waals surface area contributed by atoms with Crippen LogP contribution in [0.4, 0.5) is 0 Å². The van der Waals surface area contributed by atoms with Crippen LogP contribution in [0, 0.1) is 50.7 Å². The van der Waals surface area contributed by atoms with Gasteiger partial charge in [-0.25, -0.2) is 0 Å². The molecule has 4 unspecified atom stereocenters. The molecule has 4 heteroatoms. The second-order valence-corrected chi connectivity index (χ2v) is 18.3. The second-order valence-electron chi connectivity index (χ2n) is 18.3. The molecular formula is C47H66O4. The summed E-state index contributed by atoms with van der Waals surface area (Å²) < 4.78 is 10.4. The second kappa shape index (κ2) is 15.2. The van der Waals surface area contributed by atoms with Crippen LogP contribution in [-0.2, 0) is 20.9 Å². The lowest BCUT2D eigenvalue weighted by Crippen LogP contribution is -2.65. The van der Waals surface area contributed by atoms with Crippen LogP contribution in [0.3, 0.4) is 0 Å². The van der Waals surface area contributed by atoms with Crippen molar-refractivity contribution < 1.29 is 19.1 Å². The summed E-state index contributed by atoms with van der Waals surface area (Å²) in [5.74, 6) is 2.45. The minimum atomic E-state index is -0.285. The lowest BCUT2D eigenvalue weighted by atomic mass is 9.32. The average Bonchev–Trinajstić information content (AvgIpc) is 3.54. The molecule has 0 spiro atoms. The quantitative estimate of drug-likeness (QED) is 0.178. The van der Waals surface area contributed by atoms with E-state index in [0.717, 1.165) is 49.5 Å². The molecule has 0 saturated heterocycles. The number of hydrogen-bond donors (Lipinski definition) is 0. The van der Waals surface area contributed by atoms with Crippen molar-refractivity contribution in [2.24, 2.45) is 50.7 Å². The number of methoxy groups -OCH3 is 1. The van der Waals surface area contributed by atoms with Crippen LogP contribution in [0.1, 0.15) is 134 Å². The lowest BCUT2D eigenvalue weighted by molar-refractivity contribution is -0.226. The summed E-state index contributed by atoms with van der Waals surface area (Å²) in [6.07, 6.45) is 15.2. The van der Waals surface area contributed by atoms with Crippen molar-refractivity contribution in [2.45, 2.75) is 119 Å². The number of hydrogen-bond acceptors (Lipinski definition) is 4. The molecule has 0 bridgehead atoms. The Labute approximate surface area is 309 Å². The van der Waals surface area contributed by atoms with Crippen LogP contribution in [0.15, 0.2) is 72.8 Å². The average molecular weight is 695 g/mol. The fraction of sp³-hybridized carbons (Fsp3) is 0.617. The molecule has 51 heavy (non-hydrogen) atoms. The molecule has 0 aromatic heterocycles. The molecule has 278 valence electrons. The molecule has 0 heterocycles. The molecule has 7 rings (SSSR count). The molecule has 2 aromatic rings. The Bertz CT molecular complexity index is 1570. The SMILES string of the molecule is C=C(C)C.CC1(C)C(c2ccc(C=O)cc2)=CCC2(C)[C@H]3CCC4[C@H]5CCCC5(C(=O)OCc5ccccc5)CC[C@@]4(C)C3(C)CC[C@@H]12.COC. The normalized spacial score (nSPS) is 35.7. The van der Waals surface area contributed by atoms with Crippen LogP contribution in [0.25, 0.3) is 5.57 Å². The third kappa shape index (κ3) is 6.84. The minimum Gasteiger partial charge on any atom is -0.460 e. The summed E-state index contributed by atoms with van der Waals surface area (Å²) in [5.41, 5.74) is 6.30. The van der Waals surface area contributed by atoms with Crippen LogP contribution >= 0.6 is 0 Å². The molecular weight excluding hydrogens is 629 g/mol. The predicted octanol–water partition coefficient (Wildman–Crippen LogP) is 11.9. The fourth-order valence-corrected chi connectivity index (χ4v) is 12.6. The van der Waals surface area contributed by atoms with Gasteiger partial charge in [0.2, 0.25) is 0 Å². The fourth-order valence-electron chi connectivity index (χ4n) is 12.6. The standard InChI is InChI=1S/C41H52O3.C4H8.C2H6O/c1-37(2)31(30-15-13-28(26-42)14-16-30)19-22-38(3)34(37)20-23-40(5)35(38)18-17-32-33-12-9-21-41(33,25-24-39(32,40)4)36(43)44-27-29-10-7-6-8-11-29;1-4(2)3;1-3-2/h6-8,10-11,13-16,19,26,32-35H,9,12,17-18,20-25,27H2,1-5H3;1H2,2-3H3;1-2H3/t32?,33-,34+,35-,38?,39-,40?,41?;;/m1../s1. The van der Waals surface area contributed by atoms with Gasteiger partial charge >= 0.3 is 5.97 Å². The van der Waals surface area contributed by atoms with E-state index in [0.29, 0.717) is 30.3 Å². The molecule has 4 nitrogen and oxygen atoms in total. The molecule has 4 saturated carbocycles. The summed E-state index contributed by atoms with van der Waals surface area (Å²) in [6, 6.07) is 18.4. The minimum absolute atomic E-state index is 0.0739. The topological polar surface area (TPSA) is 52.6 Å². The van der Waals surface area contributed by atoms with E-state index in [1.165, 1.54) is 48.8 Å². The Kier molecular flexibility index (Phi) is 11.7.